The van der Waals surface area contributed by atoms with E-state index in [0.717, 1.165) is 33.7 Å². The zero-order valence-corrected chi connectivity index (χ0v) is 25.5. The minimum Gasteiger partial charge on any atom is -0.384 e. The summed E-state index contributed by atoms with van der Waals surface area (Å²) >= 11 is 7.94. The number of ketones is 1. The van der Waals surface area contributed by atoms with Crippen molar-refractivity contribution in [1.29, 1.82) is 5.26 Å². The number of anilines is 1. The second kappa shape index (κ2) is 11.0. The first-order valence-electron chi connectivity index (χ1n) is 13.6. The minimum absolute atomic E-state index is 0.00415. The SMILES string of the molecule is Cc1cc(C)c(C2C(C#N)=C(N)N(c3ccc(F)c(Cl)c3)C3=C2C(=O)CC(C)(C)C3)cc1CSc1ccccc1C. The van der Waals surface area contributed by atoms with Crippen LogP contribution in [0.4, 0.5) is 10.1 Å². The van der Waals surface area contributed by atoms with Crippen molar-refractivity contribution in [2.45, 2.75) is 64.0 Å². The number of carbonyl (C=O) groups excluding carboxylic acids is 1. The topological polar surface area (TPSA) is 70.1 Å². The molecule has 4 nitrogen and oxygen atoms in total. The van der Waals surface area contributed by atoms with E-state index in [4.69, 9.17) is 17.3 Å². The lowest BCUT2D eigenvalue weighted by Crippen LogP contribution is -2.42. The molecular weight excluding hydrogens is 553 g/mol. The molecule has 0 saturated carbocycles. The Balaban J connectivity index is 1.68. The summed E-state index contributed by atoms with van der Waals surface area (Å²) in [5.41, 5.74) is 14.1. The van der Waals surface area contributed by atoms with Gasteiger partial charge in [0.25, 0.3) is 0 Å². The summed E-state index contributed by atoms with van der Waals surface area (Å²) in [4.78, 5) is 16.9. The molecule has 2 N–H and O–H groups in total. The fourth-order valence-corrected chi connectivity index (χ4v) is 7.26. The van der Waals surface area contributed by atoms with Gasteiger partial charge in [-0.05, 0) is 84.7 Å². The monoisotopic (exact) mass is 585 g/mol. The molecule has 0 fully saturated rings. The van der Waals surface area contributed by atoms with Crippen LogP contribution in [-0.4, -0.2) is 5.78 Å². The third-order valence-electron chi connectivity index (χ3n) is 8.05. The molecule has 41 heavy (non-hydrogen) atoms. The number of nitriles is 1. The van der Waals surface area contributed by atoms with Crippen molar-refractivity contribution in [3.63, 3.8) is 0 Å². The van der Waals surface area contributed by atoms with Crippen LogP contribution in [0.2, 0.25) is 5.02 Å². The molecule has 0 bridgehead atoms. The molecular formula is C34H33ClFN3OS. The minimum atomic E-state index is -0.589. The van der Waals surface area contributed by atoms with E-state index < -0.39 is 11.7 Å². The van der Waals surface area contributed by atoms with Crippen molar-refractivity contribution in [3.05, 3.63) is 116 Å². The first-order chi connectivity index (χ1) is 19.4. The summed E-state index contributed by atoms with van der Waals surface area (Å²) in [6.45, 7) is 10.3. The lowest BCUT2D eigenvalue weighted by Gasteiger charge is -2.44. The highest BCUT2D eigenvalue weighted by atomic mass is 35.5. The molecule has 2 aliphatic rings. The van der Waals surface area contributed by atoms with E-state index in [9.17, 15) is 14.4 Å². The number of allylic oxidation sites excluding steroid dienone is 3. The van der Waals surface area contributed by atoms with E-state index in [1.807, 2.05) is 19.1 Å². The van der Waals surface area contributed by atoms with E-state index in [1.165, 1.54) is 22.6 Å². The predicted molar refractivity (Wildman–Crippen MR) is 165 cm³/mol. The molecule has 0 aromatic heterocycles. The second-order valence-electron chi connectivity index (χ2n) is 11.8. The quantitative estimate of drug-likeness (QED) is 0.303. The van der Waals surface area contributed by atoms with Crippen molar-refractivity contribution in [2.75, 3.05) is 4.90 Å². The molecule has 210 valence electrons. The van der Waals surface area contributed by atoms with Gasteiger partial charge in [-0.3, -0.25) is 9.69 Å². The van der Waals surface area contributed by atoms with Crippen LogP contribution in [0, 0.1) is 43.3 Å². The zero-order chi connectivity index (χ0) is 29.6. The lowest BCUT2D eigenvalue weighted by molar-refractivity contribution is -0.118. The maximum atomic E-state index is 14.1. The molecule has 5 rings (SSSR count). The third-order valence-corrected chi connectivity index (χ3v) is 9.57. The summed E-state index contributed by atoms with van der Waals surface area (Å²) in [5, 5.41) is 10.4. The Morgan fingerprint density at radius 1 is 1.07 bits per heavy atom. The molecule has 0 amide bonds. The van der Waals surface area contributed by atoms with Gasteiger partial charge in [0.1, 0.15) is 11.6 Å². The zero-order valence-electron chi connectivity index (χ0n) is 23.9. The number of halogens is 2. The number of benzene rings is 3. The average molecular weight is 586 g/mol. The van der Waals surface area contributed by atoms with Crippen LogP contribution in [0.5, 0.6) is 0 Å². The van der Waals surface area contributed by atoms with Crippen LogP contribution in [0.25, 0.3) is 0 Å². The highest BCUT2D eigenvalue weighted by Gasteiger charge is 2.45. The molecule has 0 saturated heterocycles. The van der Waals surface area contributed by atoms with Crippen molar-refractivity contribution >= 4 is 34.8 Å². The number of carbonyl (C=O) groups is 1. The Labute approximate surface area is 250 Å². The smallest absolute Gasteiger partial charge is 0.162 e. The van der Waals surface area contributed by atoms with Gasteiger partial charge in [-0.2, -0.15) is 5.26 Å². The number of thioether (sulfide) groups is 1. The van der Waals surface area contributed by atoms with Crippen molar-refractivity contribution in [2.24, 2.45) is 11.1 Å². The van der Waals surface area contributed by atoms with Gasteiger partial charge in [-0.25, -0.2) is 4.39 Å². The van der Waals surface area contributed by atoms with E-state index in [0.29, 0.717) is 29.7 Å². The molecule has 1 aliphatic carbocycles. The Hall–Kier alpha value is -3.53. The van der Waals surface area contributed by atoms with Crippen LogP contribution in [0.1, 0.15) is 60.4 Å². The predicted octanol–water partition coefficient (Wildman–Crippen LogP) is 8.64. The summed E-state index contributed by atoms with van der Waals surface area (Å²) < 4.78 is 14.1. The Morgan fingerprint density at radius 3 is 2.49 bits per heavy atom. The molecule has 1 aliphatic heterocycles. The van der Waals surface area contributed by atoms with Crippen LogP contribution in [0.3, 0.4) is 0 Å². The first kappa shape index (κ1) is 29.0. The molecule has 1 atom stereocenters. The first-order valence-corrected chi connectivity index (χ1v) is 15.0. The Kier molecular flexibility index (Phi) is 7.80. The third kappa shape index (κ3) is 5.41. The molecule has 3 aromatic rings. The van der Waals surface area contributed by atoms with Crippen LogP contribution in [-0.2, 0) is 10.5 Å². The molecule has 1 heterocycles. The second-order valence-corrected chi connectivity index (χ2v) is 13.2. The average Bonchev–Trinajstić information content (AvgIpc) is 2.90. The Morgan fingerprint density at radius 2 is 1.80 bits per heavy atom. The van der Waals surface area contributed by atoms with E-state index in [2.05, 4.69) is 58.0 Å². The Bertz CT molecular complexity index is 1680. The van der Waals surface area contributed by atoms with Gasteiger partial charge in [0.2, 0.25) is 0 Å². The van der Waals surface area contributed by atoms with Crippen molar-refractivity contribution < 1.29 is 9.18 Å². The molecule has 0 spiro atoms. The number of aryl methyl sites for hydroxylation is 3. The molecule has 1 unspecified atom stereocenters. The molecule has 7 heteroatoms. The van der Waals surface area contributed by atoms with E-state index in [1.54, 1.807) is 22.7 Å². The number of Topliss-reactive ketones (excluding diaryl/α,β-unsaturated/α-hetero) is 1. The van der Waals surface area contributed by atoms with Crippen molar-refractivity contribution in [1.82, 2.24) is 0 Å². The largest absolute Gasteiger partial charge is 0.384 e. The van der Waals surface area contributed by atoms with Gasteiger partial charge in [0.15, 0.2) is 5.78 Å². The van der Waals surface area contributed by atoms with Gasteiger partial charge in [-0.1, -0.05) is 55.8 Å². The standard InChI is InChI=1S/C34H33ClFN3OS/c1-19-8-6-7-9-30(19)41-18-22-13-24(21(3)12-20(22)2)31-25(17-37)33(38)39(23-10-11-27(36)26(35)14-23)28-15-34(4,5)16-29(40)32(28)31/h6-14,31H,15-16,18,38H2,1-5H3. The summed E-state index contributed by atoms with van der Waals surface area (Å²) in [7, 11) is 0. The van der Waals surface area contributed by atoms with E-state index >= 15 is 0 Å². The summed E-state index contributed by atoms with van der Waals surface area (Å²) in [6.07, 6.45) is 0.930. The molecule has 3 aromatic carbocycles. The van der Waals surface area contributed by atoms with Gasteiger partial charge in [-0.15, -0.1) is 11.8 Å². The maximum absolute atomic E-state index is 14.1. The number of nitrogens with two attached hydrogens (primary N) is 1. The van der Waals surface area contributed by atoms with Crippen LogP contribution >= 0.6 is 23.4 Å². The number of hydrogen-bond acceptors (Lipinski definition) is 5. The number of rotatable bonds is 5. The van der Waals surface area contributed by atoms with Gasteiger partial charge in [0.05, 0.1) is 22.6 Å². The number of nitrogens with zero attached hydrogens (tertiary/aromatic N) is 2. The fourth-order valence-electron chi connectivity index (χ4n) is 6.00. The van der Waals surface area contributed by atoms with Crippen molar-refractivity contribution in [3.8, 4) is 6.07 Å². The van der Waals surface area contributed by atoms with Gasteiger partial charge < -0.3 is 5.73 Å². The normalized spacial score (nSPS) is 18.4. The van der Waals surface area contributed by atoms with Gasteiger partial charge >= 0.3 is 0 Å². The lowest BCUT2D eigenvalue weighted by atomic mass is 9.68. The molecule has 0 radical (unpaired) electrons. The highest BCUT2D eigenvalue weighted by Crippen LogP contribution is 2.51. The van der Waals surface area contributed by atoms with Gasteiger partial charge in [0, 0.05) is 34.0 Å². The van der Waals surface area contributed by atoms with Crippen LogP contribution in [0.15, 0.2) is 82.2 Å². The highest BCUT2D eigenvalue weighted by molar-refractivity contribution is 7.98. The fraction of sp³-hybridized carbons (Fsp3) is 0.294. The maximum Gasteiger partial charge on any atom is 0.162 e. The van der Waals surface area contributed by atoms with Crippen LogP contribution < -0.4 is 10.6 Å². The summed E-state index contributed by atoms with van der Waals surface area (Å²) in [5.74, 6) is -0.150. The number of hydrogen-bond donors (Lipinski definition) is 1. The summed E-state index contributed by atoms with van der Waals surface area (Å²) in [6, 6.07) is 19.3. The van der Waals surface area contributed by atoms with E-state index in [-0.39, 0.29) is 22.0 Å².